The van der Waals surface area contributed by atoms with Crippen LogP contribution in [0.4, 0.5) is 0 Å². The third-order valence-electron chi connectivity index (χ3n) is 5.93. The molecule has 1 aromatic carbocycles. The Balaban J connectivity index is 1.40. The normalized spacial score (nSPS) is 27.5. The molecule has 0 aromatic heterocycles. The van der Waals surface area contributed by atoms with E-state index in [0.717, 1.165) is 44.0 Å². The standard InChI is InChI=1S/C20H25N3O/c21-10-14-3-1-4-15(9-14)11-23-12-18(16-7-8-16)19(13-23)22-20(24)17-5-2-6-17/h1,3-4,9,16-19H,2,5-8,11-13H2,(H,22,24)/t18-,19+/m1/s1. The number of hydrogen-bond donors (Lipinski definition) is 1. The first-order chi connectivity index (χ1) is 11.7. The number of nitriles is 1. The van der Waals surface area contributed by atoms with Crippen molar-refractivity contribution >= 4 is 5.91 Å². The summed E-state index contributed by atoms with van der Waals surface area (Å²) in [6, 6.07) is 10.4. The maximum atomic E-state index is 12.4. The van der Waals surface area contributed by atoms with Crippen LogP contribution in [0.5, 0.6) is 0 Å². The van der Waals surface area contributed by atoms with Crippen LogP contribution in [0.15, 0.2) is 24.3 Å². The average molecular weight is 323 g/mol. The van der Waals surface area contributed by atoms with Gasteiger partial charge in [-0.1, -0.05) is 18.6 Å². The second-order valence-electron chi connectivity index (χ2n) is 7.75. The van der Waals surface area contributed by atoms with E-state index in [0.29, 0.717) is 12.0 Å². The lowest BCUT2D eigenvalue weighted by Gasteiger charge is -2.28. The highest BCUT2D eigenvalue weighted by Crippen LogP contribution is 2.42. The van der Waals surface area contributed by atoms with Crippen LogP contribution in [0.2, 0.25) is 0 Å². The fourth-order valence-corrected chi connectivity index (χ4v) is 4.17. The predicted octanol–water partition coefficient (Wildman–Crippen LogP) is 2.68. The topological polar surface area (TPSA) is 56.1 Å². The van der Waals surface area contributed by atoms with Crippen LogP contribution >= 0.6 is 0 Å². The van der Waals surface area contributed by atoms with Gasteiger partial charge in [0.25, 0.3) is 0 Å². The summed E-state index contributed by atoms with van der Waals surface area (Å²) >= 11 is 0. The molecule has 24 heavy (non-hydrogen) atoms. The molecule has 1 aliphatic heterocycles. The zero-order chi connectivity index (χ0) is 16.5. The molecule has 2 saturated carbocycles. The summed E-state index contributed by atoms with van der Waals surface area (Å²) in [4.78, 5) is 14.8. The molecule has 126 valence electrons. The van der Waals surface area contributed by atoms with Gasteiger partial charge in [-0.25, -0.2) is 0 Å². The first kappa shape index (κ1) is 15.7. The Bertz CT molecular complexity index is 657. The number of hydrogen-bond acceptors (Lipinski definition) is 3. The van der Waals surface area contributed by atoms with Crippen LogP contribution in [0.3, 0.4) is 0 Å². The molecule has 1 heterocycles. The van der Waals surface area contributed by atoms with Gasteiger partial charge in [0.2, 0.25) is 5.91 Å². The zero-order valence-corrected chi connectivity index (χ0v) is 14.1. The van der Waals surface area contributed by atoms with Gasteiger partial charge in [-0.05, 0) is 55.2 Å². The lowest BCUT2D eigenvalue weighted by molar-refractivity contribution is -0.128. The molecule has 0 unspecified atom stereocenters. The molecule has 1 N–H and O–H groups in total. The lowest BCUT2D eigenvalue weighted by Crippen LogP contribution is -2.45. The lowest BCUT2D eigenvalue weighted by atomic mass is 9.84. The Morgan fingerprint density at radius 1 is 1.25 bits per heavy atom. The first-order valence-corrected chi connectivity index (χ1v) is 9.24. The Kier molecular flexibility index (Phi) is 4.28. The van der Waals surface area contributed by atoms with E-state index >= 15 is 0 Å². The summed E-state index contributed by atoms with van der Waals surface area (Å²) in [6.07, 6.45) is 5.97. The highest BCUT2D eigenvalue weighted by molar-refractivity contribution is 5.79. The number of likely N-dealkylation sites (tertiary alicyclic amines) is 1. The zero-order valence-electron chi connectivity index (χ0n) is 14.1. The quantitative estimate of drug-likeness (QED) is 0.906. The molecule has 4 rings (SSSR count). The smallest absolute Gasteiger partial charge is 0.223 e. The Labute approximate surface area is 143 Å². The van der Waals surface area contributed by atoms with Crippen molar-refractivity contribution in [2.24, 2.45) is 17.8 Å². The van der Waals surface area contributed by atoms with Gasteiger partial charge in [0, 0.05) is 31.6 Å². The third kappa shape index (κ3) is 3.32. The van der Waals surface area contributed by atoms with Crippen LogP contribution in [0, 0.1) is 29.1 Å². The minimum Gasteiger partial charge on any atom is -0.352 e. The van der Waals surface area contributed by atoms with E-state index in [4.69, 9.17) is 5.26 Å². The van der Waals surface area contributed by atoms with Crippen LogP contribution in [0.25, 0.3) is 0 Å². The molecular formula is C20H25N3O. The second kappa shape index (κ2) is 6.57. The Morgan fingerprint density at radius 3 is 2.75 bits per heavy atom. The summed E-state index contributed by atoms with van der Waals surface area (Å²) < 4.78 is 0. The van der Waals surface area contributed by atoms with Gasteiger partial charge in [-0.2, -0.15) is 5.26 Å². The van der Waals surface area contributed by atoms with Crippen LogP contribution in [0.1, 0.15) is 43.2 Å². The molecule has 0 bridgehead atoms. The van der Waals surface area contributed by atoms with Gasteiger partial charge >= 0.3 is 0 Å². The van der Waals surface area contributed by atoms with E-state index in [1.54, 1.807) is 0 Å². The third-order valence-corrected chi connectivity index (χ3v) is 5.93. The number of nitrogens with one attached hydrogen (secondary N) is 1. The van der Waals surface area contributed by atoms with Crippen LogP contribution in [-0.2, 0) is 11.3 Å². The molecule has 2 atom stereocenters. The molecule has 2 aliphatic carbocycles. The van der Waals surface area contributed by atoms with Gasteiger partial charge in [0.05, 0.1) is 11.6 Å². The van der Waals surface area contributed by atoms with Crippen molar-refractivity contribution in [3.8, 4) is 6.07 Å². The maximum absolute atomic E-state index is 12.4. The maximum Gasteiger partial charge on any atom is 0.223 e. The van der Waals surface area contributed by atoms with E-state index < -0.39 is 0 Å². The second-order valence-corrected chi connectivity index (χ2v) is 7.75. The van der Waals surface area contributed by atoms with Gasteiger partial charge in [-0.3, -0.25) is 9.69 Å². The van der Waals surface area contributed by atoms with Crippen molar-refractivity contribution in [1.82, 2.24) is 10.2 Å². The number of carbonyl (C=O) groups excluding carboxylic acids is 1. The van der Waals surface area contributed by atoms with Gasteiger partial charge in [-0.15, -0.1) is 0 Å². The van der Waals surface area contributed by atoms with Crippen molar-refractivity contribution in [3.63, 3.8) is 0 Å². The minimum absolute atomic E-state index is 0.270. The van der Waals surface area contributed by atoms with Crippen molar-refractivity contribution in [3.05, 3.63) is 35.4 Å². The van der Waals surface area contributed by atoms with Crippen molar-refractivity contribution in [1.29, 1.82) is 5.26 Å². The molecule has 0 spiro atoms. The SMILES string of the molecule is N#Cc1cccc(CN2C[C@H](NC(=O)C3CCC3)[C@@H](C3CC3)C2)c1. The molecule has 3 fully saturated rings. The molecule has 1 saturated heterocycles. The highest BCUT2D eigenvalue weighted by atomic mass is 16.2. The molecule has 1 aromatic rings. The van der Waals surface area contributed by atoms with E-state index in [-0.39, 0.29) is 11.8 Å². The fraction of sp³-hybridized carbons (Fsp3) is 0.600. The summed E-state index contributed by atoms with van der Waals surface area (Å²) in [5.41, 5.74) is 1.91. The van der Waals surface area contributed by atoms with Gasteiger partial charge < -0.3 is 5.32 Å². The van der Waals surface area contributed by atoms with Gasteiger partial charge in [0.15, 0.2) is 0 Å². The van der Waals surface area contributed by atoms with Crippen molar-refractivity contribution in [2.45, 2.75) is 44.7 Å². The number of benzene rings is 1. The largest absolute Gasteiger partial charge is 0.352 e. The van der Waals surface area contributed by atoms with E-state index in [9.17, 15) is 4.79 Å². The van der Waals surface area contributed by atoms with Crippen LogP contribution < -0.4 is 5.32 Å². The van der Waals surface area contributed by atoms with Crippen molar-refractivity contribution < 1.29 is 4.79 Å². The van der Waals surface area contributed by atoms with Crippen LogP contribution in [-0.4, -0.2) is 29.9 Å². The average Bonchev–Trinajstić information content (AvgIpc) is 3.29. The molecule has 3 aliphatic rings. The Morgan fingerprint density at radius 2 is 2.08 bits per heavy atom. The molecule has 4 heteroatoms. The summed E-state index contributed by atoms with van der Waals surface area (Å²) in [7, 11) is 0. The Hall–Kier alpha value is -1.86. The van der Waals surface area contributed by atoms with Gasteiger partial charge in [0.1, 0.15) is 0 Å². The number of amides is 1. The molecule has 4 nitrogen and oxygen atoms in total. The summed E-state index contributed by atoms with van der Waals surface area (Å²) in [5, 5.41) is 12.4. The molecular weight excluding hydrogens is 298 g/mol. The summed E-state index contributed by atoms with van der Waals surface area (Å²) in [6.45, 7) is 2.88. The fourth-order valence-electron chi connectivity index (χ4n) is 4.17. The monoisotopic (exact) mass is 323 g/mol. The summed E-state index contributed by atoms with van der Waals surface area (Å²) in [5.74, 6) is 1.96. The van der Waals surface area contributed by atoms with E-state index in [1.165, 1.54) is 24.8 Å². The highest BCUT2D eigenvalue weighted by Gasteiger charge is 2.43. The minimum atomic E-state index is 0.270. The van der Waals surface area contributed by atoms with Crippen molar-refractivity contribution in [2.75, 3.05) is 13.1 Å². The molecule has 1 amide bonds. The number of rotatable bonds is 5. The number of carbonyl (C=O) groups is 1. The predicted molar refractivity (Wildman–Crippen MR) is 91.9 cm³/mol. The molecule has 0 radical (unpaired) electrons. The first-order valence-electron chi connectivity index (χ1n) is 9.24. The number of nitrogens with zero attached hydrogens (tertiary/aromatic N) is 2. The van der Waals surface area contributed by atoms with E-state index in [1.807, 2.05) is 18.2 Å². The van der Waals surface area contributed by atoms with E-state index in [2.05, 4.69) is 22.4 Å².